The number of aliphatic hydroxyl groups is 1. The van der Waals surface area contributed by atoms with Crippen molar-refractivity contribution in [3.8, 4) is 0 Å². The third-order valence-electron chi connectivity index (χ3n) is 6.75. The van der Waals surface area contributed by atoms with Gasteiger partial charge in [0, 0.05) is 31.4 Å². The highest BCUT2D eigenvalue weighted by molar-refractivity contribution is 5.86. The first-order valence-electron chi connectivity index (χ1n) is 12.0. The average Bonchev–Trinajstić information content (AvgIpc) is 3.53. The summed E-state index contributed by atoms with van der Waals surface area (Å²) in [6.07, 6.45) is 1.12. The molecule has 7 nitrogen and oxygen atoms in total. The third kappa shape index (κ3) is 5.97. The average molecular weight is 496 g/mol. The summed E-state index contributed by atoms with van der Waals surface area (Å²) < 4.78 is 44.9. The van der Waals surface area contributed by atoms with E-state index in [1.165, 1.54) is 0 Å². The van der Waals surface area contributed by atoms with E-state index in [1.807, 2.05) is 0 Å². The topological polar surface area (TPSA) is 91.8 Å². The molecule has 1 aromatic rings. The molecule has 1 saturated carbocycles. The van der Waals surface area contributed by atoms with Crippen LogP contribution in [-0.2, 0) is 28.7 Å². The van der Waals surface area contributed by atoms with E-state index in [1.54, 1.807) is 37.8 Å². The Morgan fingerprint density at radius 3 is 2.66 bits per heavy atom. The van der Waals surface area contributed by atoms with E-state index in [2.05, 4.69) is 10.3 Å². The van der Waals surface area contributed by atoms with Crippen molar-refractivity contribution in [2.75, 3.05) is 6.54 Å². The molecule has 0 saturated heterocycles. The molecule has 1 fully saturated rings. The molecule has 2 aliphatic carbocycles. The van der Waals surface area contributed by atoms with Crippen molar-refractivity contribution in [1.82, 2.24) is 15.2 Å². The Morgan fingerprint density at radius 1 is 1.31 bits per heavy atom. The molecule has 2 N–H and O–H groups in total. The zero-order chi connectivity index (χ0) is 25.6. The SMILES string of the molecule is CC(C)(C)OC(=O)NC1C=CC(CC(O)C2CC2)(C(=O)N2CCc3ncc(C(F)(F)F)cc3C2)C1. The van der Waals surface area contributed by atoms with Crippen LogP contribution in [0.4, 0.5) is 18.0 Å². The number of halogens is 3. The molecular weight excluding hydrogens is 463 g/mol. The van der Waals surface area contributed by atoms with Crippen molar-refractivity contribution in [1.29, 1.82) is 0 Å². The predicted molar refractivity (Wildman–Crippen MR) is 121 cm³/mol. The van der Waals surface area contributed by atoms with Crippen LogP contribution < -0.4 is 5.32 Å². The fraction of sp³-hybridized carbons (Fsp3) is 0.640. The van der Waals surface area contributed by atoms with Gasteiger partial charge in [0.05, 0.1) is 23.1 Å². The first-order chi connectivity index (χ1) is 16.3. The molecule has 0 aromatic carbocycles. The standard InChI is InChI=1S/C25H32F3N3O4/c1-23(2,3)35-22(34)30-18-6-8-24(11-18,12-20(32)15-4-5-15)21(33)31-9-7-19-16(14-31)10-17(13-29-19)25(26,27)28/h6,8,10,13,15,18,20,32H,4-5,7,9,11-12,14H2,1-3H3,(H,30,34). The number of alkyl carbamates (subject to hydrolysis) is 1. The van der Waals surface area contributed by atoms with Gasteiger partial charge in [-0.2, -0.15) is 13.2 Å². The molecule has 0 bridgehead atoms. The quantitative estimate of drug-likeness (QED) is 0.603. The molecule has 3 atom stereocenters. The van der Waals surface area contributed by atoms with Gasteiger partial charge < -0.3 is 20.1 Å². The van der Waals surface area contributed by atoms with E-state index in [-0.39, 0.29) is 31.2 Å². The van der Waals surface area contributed by atoms with E-state index in [0.717, 1.165) is 25.1 Å². The van der Waals surface area contributed by atoms with Gasteiger partial charge in [0.25, 0.3) is 0 Å². The summed E-state index contributed by atoms with van der Waals surface area (Å²) in [5.74, 6) is -0.114. The Labute approximate surface area is 202 Å². The molecule has 3 aliphatic rings. The van der Waals surface area contributed by atoms with Crippen LogP contribution in [0, 0.1) is 11.3 Å². The number of amides is 2. The molecule has 3 unspecified atom stereocenters. The number of fused-ring (bicyclic) bond motifs is 1. The number of nitrogens with one attached hydrogen (secondary N) is 1. The fourth-order valence-electron chi connectivity index (χ4n) is 4.87. The van der Waals surface area contributed by atoms with Crippen LogP contribution in [-0.4, -0.2) is 51.3 Å². The maximum absolute atomic E-state index is 13.8. The van der Waals surface area contributed by atoms with E-state index in [4.69, 9.17) is 4.74 Å². The molecule has 0 radical (unpaired) electrons. The van der Waals surface area contributed by atoms with Crippen molar-refractivity contribution >= 4 is 12.0 Å². The summed E-state index contributed by atoms with van der Waals surface area (Å²) >= 11 is 0. The second-order valence-corrected chi connectivity index (χ2v) is 10.9. The number of carbonyl (C=O) groups is 2. The fourth-order valence-corrected chi connectivity index (χ4v) is 4.87. The summed E-state index contributed by atoms with van der Waals surface area (Å²) in [7, 11) is 0. The molecule has 2 heterocycles. The zero-order valence-electron chi connectivity index (χ0n) is 20.2. The molecule has 35 heavy (non-hydrogen) atoms. The molecule has 10 heteroatoms. The number of hydrogen-bond donors (Lipinski definition) is 2. The lowest BCUT2D eigenvalue weighted by Gasteiger charge is -2.37. The Morgan fingerprint density at radius 2 is 2.03 bits per heavy atom. The van der Waals surface area contributed by atoms with Crippen LogP contribution in [0.25, 0.3) is 0 Å². The molecule has 2 amide bonds. The highest BCUT2D eigenvalue weighted by Gasteiger charge is 2.48. The number of aliphatic hydroxyl groups excluding tert-OH is 1. The van der Waals surface area contributed by atoms with E-state index in [9.17, 15) is 27.9 Å². The van der Waals surface area contributed by atoms with Gasteiger partial charge in [-0.1, -0.05) is 12.2 Å². The lowest BCUT2D eigenvalue weighted by Crippen LogP contribution is -2.48. The van der Waals surface area contributed by atoms with Crippen molar-refractivity contribution in [3.05, 3.63) is 41.2 Å². The lowest BCUT2D eigenvalue weighted by atomic mass is 9.78. The summed E-state index contributed by atoms with van der Waals surface area (Å²) in [6.45, 7) is 5.60. The van der Waals surface area contributed by atoms with E-state index >= 15 is 0 Å². The first kappa shape index (κ1) is 25.5. The largest absolute Gasteiger partial charge is 0.444 e. The van der Waals surface area contributed by atoms with Gasteiger partial charge in [-0.15, -0.1) is 0 Å². The number of alkyl halides is 3. The number of hydrogen-bond acceptors (Lipinski definition) is 5. The third-order valence-corrected chi connectivity index (χ3v) is 6.75. The molecule has 1 aromatic heterocycles. The van der Waals surface area contributed by atoms with Gasteiger partial charge >= 0.3 is 12.3 Å². The summed E-state index contributed by atoms with van der Waals surface area (Å²) in [5, 5.41) is 13.5. The van der Waals surface area contributed by atoms with Crippen LogP contribution in [0.15, 0.2) is 24.4 Å². The summed E-state index contributed by atoms with van der Waals surface area (Å²) in [6, 6.07) is 0.598. The van der Waals surface area contributed by atoms with Crippen LogP contribution in [0.3, 0.4) is 0 Å². The highest BCUT2D eigenvalue weighted by atomic mass is 19.4. The van der Waals surface area contributed by atoms with Gasteiger partial charge in [0.2, 0.25) is 5.91 Å². The normalized spacial score (nSPS) is 25.2. The Hall–Kier alpha value is -2.62. The number of pyridine rings is 1. The Bertz CT molecular complexity index is 1020. The van der Waals surface area contributed by atoms with Gasteiger partial charge in [0.1, 0.15) is 5.60 Å². The van der Waals surface area contributed by atoms with Crippen LogP contribution in [0.2, 0.25) is 0 Å². The van der Waals surface area contributed by atoms with E-state index < -0.39 is 41.0 Å². The Kier molecular flexibility index (Phi) is 6.63. The van der Waals surface area contributed by atoms with Crippen LogP contribution in [0.1, 0.15) is 63.3 Å². The van der Waals surface area contributed by atoms with Crippen molar-refractivity contribution in [3.63, 3.8) is 0 Å². The zero-order valence-corrected chi connectivity index (χ0v) is 20.2. The Balaban J connectivity index is 1.52. The monoisotopic (exact) mass is 495 g/mol. The second kappa shape index (κ2) is 9.11. The van der Waals surface area contributed by atoms with E-state index in [0.29, 0.717) is 24.2 Å². The number of ether oxygens (including phenoxy) is 1. The minimum atomic E-state index is -4.52. The van der Waals surface area contributed by atoms with Gasteiger partial charge in [-0.05, 0) is 64.0 Å². The summed E-state index contributed by atoms with van der Waals surface area (Å²) in [4.78, 5) is 31.6. The van der Waals surface area contributed by atoms with Crippen molar-refractivity contribution < 1.29 is 32.6 Å². The first-order valence-corrected chi connectivity index (χ1v) is 12.0. The molecular formula is C25H32F3N3O4. The maximum atomic E-state index is 13.8. The molecule has 4 rings (SSSR count). The van der Waals surface area contributed by atoms with Gasteiger partial charge in [0.15, 0.2) is 0 Å². The summed E-state index contributed by atoms with van der Waals surface area (Å²) in [5.41, 5.74) is -1.64. The second-order valence-electron chi connectivity index (χ2n) is 10.9. The number of aromatic nitrogens is 1. The number of rotatable bonds is 5. The number of carbonyl (C=O) groups excluding carboxylic acids is 2. The van der Waals surface area contributed by atoms with Crippen molar-refractivity contribution in [2.24, 2.45) is 11.3 Å². The lowest BCUT2D eigenvalue weighted by molar-refractivity contribution is -0.142. The van der Waals surface area contributed by atoms with Crippen molar-refractivity contribution in [2.45, 2.75) is 83.3 Å². The highest BCUT2D eigenvalue weighted by Crippen LogP contribution is 2.44. The molecule has 1 aliphatic heterocycles. The minimum Gasteiger partial charge on any atom is -0.444 e. The van der Waals surface area contributed by atoms with Gasteiger partial charge in [-0.3, -0.25) is 9.78 Å². The number of nitrogens with zero attached hydrogens (tertiary/aromatic N) is 2. The smallest absolute Gasteiger partial charge is 0.417 e. The van der Waals surface area contributed by atoms with Crippen LogP contribution >= 0.6 is 0 Å². The maximum Gasteiger partial charge on any atom is 0.417 e. The minimum absolute atomic E-state index is 0.0182. The molecule has 192 valence electrons. The predicted octanol–water partition coefficient (Wildman–Crippen LogP) is 3.99. The van der Waals surface area contributed by atoms with Gasteiger partial charge in [-0.25, -0.2) is 4.79 Å². The molecule has 0 spiro atoms. The van der Waals surface area contributed by atoms with Crippen LogP contribution in [0.5, 0.6) is 0 Å².